The van der Waals surface area contributed by atoms with Crippen LogP contribution in [0, 0.1) is 13.8 Å². The van der Waals surface area contributed by atoms with E-state index in [1.165, 1.54) is 16.7 Å². The third-order valence-corrected chi connectivity index (χ3v) is 3.26. The van der Waals surface area contributed by atoms with E-state index >= 15 is 0 Å². The largest absolute Gasteiger partial charge is 0.271 e. The number of hydrazine groups is 1. The molecule has 0 radical (unpaired) electrons. The lowest BCUT2D eigenvalue weighted by molar-refractivity contribution is 0.540. The van der Waals surface area contributed by atoms with Gasteiger partial charge in [-0.2, -0.15) is 11.8 Å². The fourth-order valence-electron chi connectivity index (χ4n) is 1.78. The normalized spacial score (nSPS) is 12.8. The lowest BCUT2D eigenvalue weighted by Crippen LogP contribution is -2.29. The molecule has 84 valence electrons. The maximum Gasteiger partial charge on any atom is 0.0470 e. The van der Waals surface area contributed by atoms with Crippen molar-refractivity contribution >= 4 is 11.8 Å². The number of hydrogen-bond acceptors (Lipinski definition) is 3. The summed E-state index contributed by atoms with van der Waals surface area (Å²) in [6, 6.07) is 6.80. The van der Waals surface area contributed by atoms with Gasteiger partial charge in [-0.1, -0.05) is 23.8 Å². The zero-order valence-electron chi connectivity index (χ0n) is 9.71. The van der Waals surface area contributed by atoms with Crippen LogP contribution in [-0.2, 0) is 0 Å². The first-order valence-corrected chi connectivity index (χ1v) is 6.60. The van der Waals surface area contributed by atoms with Crippen LogP contribution in [0.25, 0.3) is 0 Å². The first kappa shape index (κ1) is 12.6. The molecule has 0 saturated heterocycles. The Morgan fingerprint density at radius 1 is 1.40 bits per heavy atom. The van der Waals surface area contributed by atoms with Gasteiger partial charge in [0.15, 0.2) is 0 Å². The maximum atomic E-state index is 5.59. The summed E-state index contributed by atoms with van der Waals surface area (Å²) in [5.41, 5.74) is 6.84. The van der Waals surface area contributed by atoms with Gasteiger partial charge in [-0.05, 0) is 43.4 Å². The number of rotatable bonds is 5. The third-order valence-electron chi connectivity index (χ3n) is 2.61. The molecule has 0 aliphatic heterocycles. The van der Waals surface area contributed by atoms with Crippen LogP contribution in [0.4, 0.5) is 0 Å². The molecule has 0 aromatic heterocycles. The van der Waals surface area contributed by atoms with Gasteiger partial charge in [0.1, 0.15) is 0 Å². The quantitative estimate of drug-likeness (QED) is 0.596. The van der Waals surface area contributed by atoms with Gasteiger partial charge < -0.3 is 0 Å². The fourth-order valence-corrected chi connectivity index (χ4v) is 2.25. The number of thioether (sulfide) groups is 1. The van der Waals surface area contributed by atoms with Crippen molar-refractivity contribution in [2.75, 3.05) is 12.0 Å². The number of benzene rings is 1. The Balaban J connectivity index is 2.81. The lowest BCUT2D eigenvalue weighted by atomic mass is 9.98. The number of nitrogens with one attached hydrogen (secondary N) is 1. The van der Waals surface area contributed by atoms with Crippen molar-refractivity contribution in [3.8, 4) is 0 Å². The summed E-state index contributed by atoms with van der Waals surface area (Å²) in [7, 11) is 0. The molecule has 3 heteroatoms. The van der Waals surface area contributed by atoms with Crippen molar-refractivity contribution in [1.82, 2.24) is 5.43 Å². The summed E-state index contributed by atoms with van der Waals surface area (Å²) in [6.45, 7) is 4.26. The zero-order valence-corrected chi connectivity index (χ0v) is 10.5. The van der Waals surface area contributed by atoms with Crippen LogP contribution < -0.4 is 11.3 Å². The van der Waals surface area contributed by atoms with E-state index in [0.717, 1.165) is 12.2 Å². The first-order valence-electron chi connectivity index (χ1n) is 5.21. The van der Waals surface area contributed by atoms with Crippen molar-refractivity contribution in [3.63, 3.8) is 0 Å². The molecule has 0 aliphatic rings. The first-order chi connectivity index (χ1) is 7.19. The molecule has 3 N–H and O–H groups in total. The molecule has 1 rings (SSSR count). The fraction of sp³-hybridized carbons (Fsp3) is 0.500. The minimum Gasteiger partial charge on any atom is -0.271 e. The van der Waals surface area contributed by atoms with E-state index in [1.54, 1.807) is 0 Å². The van der Waals surface area contributed by atoms with E-state index < -0.39 is 0 Å². The van der Waals surface area contributed by atoms with Gasteiger partial charge >= 0.3 is 0 Å². The summed E-state index contributed by atoms with van der Waals surface area (Å²) in [6.07, 6.45) is 3.19. The summed E-state index contributed by atoms with van der Waals surface area (Å²) >= 11 is 1.85. The molecule has 0 heterocycles. The minimum absolute atomic E-state index is 0.276. The van der Waals surface area contributed by atoms with Gasteiger partial charge in [-0.15, -0.1) is 0 Å². The number of hydrogen-bond donors (Lipinski definition) is 2. The zero-order chi connectivity index (χ0) is 11.3. The molecule has 15 heavy (non-hydrogen) atoms. The molecular formula is C12H20N2S. The molecule has 0 saturated carbocycles. The van der Waals surface area contributed by atoms with Gasteiger partial charge in [-0.25, -0.2) is 0 Å². The third kappa shape index (κ3) is 3.52. The van der Waals surface area contributed by atoms with E-state index in [2.05, 4.69) is 43.7 Å². The summed E-state index contributed by atoms with van der Waals surface area (Å²) in [4.78, 5) is 0. The Morgan fingerprint density at radius 2 is 2.13 bits per heavy atom. The molecule has 0 spiro atoms. The number of aryl methyl sites for hydroxylation is 2. The molecular weight excluding hydrogens is 204 g/mol. The molecule has 1 unspecified atom stereocenters. The Hall–Kier alpha value is -0.510. The van der Waals surface area contributed by atoms with Gasteiger partial charge in [0, 0.05) is 6.04 Å². The second kappa shape index (κ2) is 6.16. The van der Waals surface area contributed by atoms with Crippen LogP contribution in [0.3, 0.4) is 0 Å². The predicted molar refractivity (Wildman–Crippen MR) is 69.0 cm³/mol. The second-order valence-corrected chi connectivity index (χ2v) is 4.85. The standard InChI is InChI=1S/C12H20N2S/c1-9-4-5-11(10(2)8-9)12(14-13)6-7-15-3/h4-5,8,12,14H,6-7,13H2,1-3H3. The topological polar surface area (TPSA) is 38.0 Å². The highest BCUT2D eigenvalue weighted by Gasteiger charge is 2.11. The Bertz CT molecular complexity index is 312. The van der Waals surface area contributed by atoms with Gasteiger partial charge in [0.05, 0.1) is 0 Å². The Labute approximate surface area is 96.6 Å². The van der Waals surface area contributed by atoms with Crippen LogP contribution in [0.2, 0.25) is 0 Å². The molecule has 0 amide bonds. The van der Waals surface area contributed by atoms with Crippen molar-refractivity contribution in [1.29, 1.82) is 0 Å². The van der Waals surface area contributed by atoms with E-state index in [9.17, 15) is 0 Å². The molecule has 1 atom stereocenters. The van der Waals surface area contributed by atoms with Gasteiger partial charge in [-0.3, -0.25) is 11.3 Å². The molecule has 1 aromatic carbocycles. The van der Waals surface area contributed by atoms with Crippen molar-refractivity contribution in [3.05, 3.63) is 34.9 Å². The van der Waals surface area contributed by atoms with Crippen LogP contribution in [0.15, 0.2) is 18.2 Å². The van der Waals surface area contributed by atoms with Crippen LogP contribution >= 0.6 is 11.8 Å². The van der Waals surface area contributed by atoms with E-state index in [1.807, 2.05) is 11.8 Å². The van der Waals surface area contributed by atoms with Gasteiger partial charge in [0.2, 0.25) is 0 Å². The van der Waals surface area contributed by atoms with Gasteiger partial charge in [0.25, 0.3) is 0 Å². The predicted octanol–water partition coefficient (Wildman–Crippen LogP) is 2.56. The molecule has 0 aliphatic carbocycles. The van der Waals surface area contributed by atoms with Crippen molar-refractivity contribution in [2.45, 2.75) is 26.3 Å². The lowest BCUT2D eigenvalue weighted by Gasteiger charge is -2.18. The minimum atomic E-state index is 0.276. The highest BCUT2D eigenvalue weighted by atomic mass is 32.2. The van der Waals surface area contributed by atoms with E-state index in [0.29, 0.717) is 0 Å². The maximum absolute atomic E-state index is 5.59. The summed E-state index contributed by atoms with van der Waals surface area (Å²) in [5.74, 6) is 6.72. The smallest absolute Gasteiger partial charge is 0.0470 e. The number of nitrogens with two attached hydrogens (primary N) is 1. The van der Waals surface area contributed by atoms with Crippen molar-refractivity contribution in [2.24, 2.45) is 5.84 Å². The van der Waals surface area contributed by atoms with E-state index in [-0.39, 0.29) is 6.04 Å². The molecule has 0 bridgehead atoms. The van der Waals surface area contributed by atoms with Crippen LogP contribution in [0.1, 0.15) is 29.2 Å². The SMILES string of the molecule is CSCCC(NN)c1ccc(C)cc1C. The van der Waals surface area contributed by atoms with Crippen molar-refractivity contribution < 1.29 is 0 Å². The second-order valence-electron chi connectivity index (χ2n) is 3.86. The van der Waals surface area contributed by atoms with Crippen LogP contribution in [0.5, 0.6) is 0 Å². The average Bonchev–Trinajstić information content (AvgIpc) is 2.21. The summed E-state index contributed by atoms with van der Waals surface area (Å²) < 4.78 is 0. The highest BCUT2D eigenvalue weighted by Crippen LogP contribution is 2.22. The monoisotopic (exact) mass is 224 g/mol. The summed E-state index contributed by atoms with van der Waals surface area (Å²) in [5, 5.41) is 0. The Kier molecular flexibility index (Phi) is 5.15. The van der Waals surface area contributed by atoms with E-state index in [4.69, 9.17) is 5.84 Å². The van der Waals surface area contributed by atoms with Crippen LogP contribution in [-0.4, -0.2) is 12.0 Å². The molecule has 0 fully saturated rings. The molecule has 1 aromatic rings. The highest BCUT2D eigenvalue weighted by molar-refractivity contribution is 7.98. The molecule has 2 nitrogen and oxygen atoms in total. The average molecular weight is 224 g/mol. The Morgan fingerprint density at radius 3 is 2.67 bits per heavy atom.